The summed E-state index contributed by atoms with van der Waals surface area (Å²) in [5.41, 5.74) is 0.996. The molecule has 1 heterocycles. The van der Waals surface area contributed by atoms with Gasteiger partial charge in [-0.15, -0.1) is 0 Å². The molecule has 8 heteroatoms. The van der Waals surface area contributed by atoms with Gasteiger partial charge >= 0.3 is 5.97 Å². The average Bonchev–Trinajstić information content (AvgIpc) is 2.80. The Kier molecular flexibility index (Phi) is 7.33. The first-order valence-electron chi connectivity index (χ1n) is 10.5. The van der Waals surface area contributed by atoms with E-state index in [0.29, 0.717) is 43.8 Å². The number of amides is 1. The van der Waals surface area contributed by atoms with Crippen LogP contribution in [0.25, 0.3) is 0 Å². The Morgan fingerprint density at radius 3 is 2.16 bits per heavy atom. The highest BCUT2D eigenvalue weighted by Gasteiger charge is 2.29. The maximum absolute atomic E-state index is 13.0. The highest BCUT2D eigenvalue weighted by atomic mass is 32.2. The van der Waals surface area contributed by atoms with Crippen molar-refractivity contribution in [1.82, 2.24) is 4.90 Å². The van der Waals surface area contributed by atoms with E-state index >= 15 is 0 Å². The summed E-state index contributed by atoms with van der Waals surface area (Å²) >= 11 is 0. The molecule has 3 rings (SSSR count). The molecule has 0 saturated carbocycles. The minimum atomic E-state index is -3.68. The summed E-state index contributed by atoms with van der Waals surface area (Å²) in [4.78, 5) is 26.7. The number of piperidine rings is 1. The minimum absolute atomic E-state index is 0.122. The fraction of sp³-hybridized carbons (Fsp3) is 0.391. The lowest BCUT2D eigenvalue weighted by Crippen LogP contribution is -2.40. The zero-order chi connectivity index (χ0) is 22.4. The van der Waals surface area contributed by atoms with E-state index in [0.717, 1.165) is 0 Å². The molecule has 1 amide bonds. The van der Waals surface area contributed by atoms with Gasteiger partial charge in [-0.1, -0.05) is 18.2 Å². The monoisotopic (exact) mass is 444 g/mol. The Balaban J connectivity index is 1.70. The number of carbonyl (C=O) groups excluding carboxylic acids is 2. The molecule has 0 radical (unpaired) electrons. The largest absolute Gasteiger partial charge is 0.466 e. The van der Waals surface area contributed by atoms with Crippen molar-refractivity contribution in [2.75, 3.05) is 30.5 Å². The first kappa shape index (κ1) is 22.8. The van der Waals surface area contributed by atoms with E-state index in [1.165, 1.54) is 4.31 Å². The number of anilines is 1. The van der Waals surface area contributed by atoms with Crippen LogP contribution in [0.15, 0.2) is 59.5 Å². The second-order valence-corrected chi connectivity index (χ2v) is 9.21. The van der Waals surface area contributed by atoms with Gasteiger partial charge in [0.05, 0.1) is 23.1 Å². The van der Waals surface area contributed by atoms with Gasteiger partial charge in [0.1, 0.15) is 0 Å². The molecule has 1 saturated heterocycles. The molecule has 1 fully saturated rings. The number of likely N-dealkylation sites (tertiary alicyclic amines) is 1. The lowest BCUT2D eigenvalue weighted by Gasteiger charge is -2.31. The second kappa shape index (κ2) is 9.96. The molecule has 166 valence electrons. The van der Waals surface area contributed by atoms with E-state index in [1.54, 1.807) is 73.3 Å². The van der Waals surface area contributed by atoms with Crippen molar-refractivity contribution < 1.29 is 22.7 Å². The Bertz CT molecular complexity index is 998. The van der Waals surface area contributed by atoms with Crippen LogP contribution < -0.4 is 4.31 Å². The van der Waals surface area contributed by atoms with Gasteiger partial charge in [-0.05, 0) is 63.1 Å². The van der Waals surface area contributed by atoms with E-state index in [1.807, 2.05) is 0 Å². The number of nitrogens with zero attached hydrogens (tertiary/aromatic N) is 2. The van der Waals surface area contributed by atoms with E-state index < -0.39 is 10.0 Å². The number of sulfonamides is 1. The highest BCUT2D eigenvalue weighted by molar-refractivity contribution is 7.92. The summed E-state index contributed by atoms with van der Waals surface area (Å²) in [7, 11) is -3.68. The van der Waals surface area contributed by atoms with Crippen molar-refractivity contribution in [3.63, 3.8) is 0 Å². The fourth-order valence-electron chi connectivity index (χ4n) is 3.74. The van der Waals surface area contributed by atoms with E-state index in [-0.39, 0.29) is 29.2 Å². The van der Waals surface area contributed by atoms with Gasteiger partial charge in [0.2, 0.25) is 0 Å². The number of ether oxygens (including phenoxy) is 1. The molecular formula is C23H28N2O5S. The highest BCUT2D eigenvalue weighted by Crippen LogP contribution is 2.25. The predicted molar refractivity (Wildman–Crippen MR) is 118 cm³/mol. The van der Waals surface area contributed by atoms with Crippen LogP contribution in [0, 0.1) is 5.92 Å². The standard InChI is InChI=1S/C23H28N2O5S/c1-3-25(31(28,29)21-8-6-5-7-9-21)20-12-10-18(11-13-20)22(26)24-16-14-19(15-17-24)23(27)30-4-2/h5-13,19H,3-4,14-17H2,1-2H3. The summed E-state index contributed by atoms with van der Waals surface area (Å²) < 4.78 is 32.3. The van der Waals surface area contributed by atoms with Crippen LogP contribution in [0.3, 0.4) is 0 Å². The number of hydrogen-bond donors (Lipinski definition) is 0. The molecule has 7 nitrogen and oxygen atoms in total. The minimum Gasteiger partial charge on any atom is -0.466 e. The predicted octanol–water partition coefficient (Wildman–Crippen LogP) is 3.32. The average molecular weight is 445 g/mol. The Hall–Kier alpha value is -2.87. The molecule has 0 bridgehead atoms. The van der Waals surface area contributed by atoms with Gasteiger partial charge < -0.3 is 9.64 Å². The number of rotatable bonds is 7. The van der Waals surface area contributed by atoms with Crippen LogP contribution in [0.1, 0.15) is 37.0 Å². The fourth-order valence-corrected chi connectivity index (χ4v) is 5.24. The van der Waals surface area contributed by atoms with Crippen LogP contribution in [0.2, 0.25) is 0 Å². The summed E-state index contributed by atoms with van der Waals surface area (Å²) in [6, 6.07) is 14.9. The van der Waals surface area contributed by atoms with E-state index in [4.69, 9.17) is 4.74 Å². The van der Waals surface area contributed by atoms with Gasteiger partial charge in [-0.2, -0.15) is 0 Å². The molecule has 0 N–H and O–H groups in total. The summed E-state index contributed by atoms with van der Waals surface area (Å²) in [6.45, 7) is 5.17. The normalized spacial score (nSPS) is 14.8. The maximum Gasteiger partial charge on any atom is 0.309 e. The molecule has 31 heavy (non-hydrogen) atoms. The van der Waals surface area contributed by atoms with Gasteiger partial charge in [0, 0.05) is 25.2 Å². The number of hydrogen-bond acceptors (Lipinski definition) is 5. The van der Waals surface area contributed by atoms with Gasteiger partial charge in [0.25, 0.3) is 15.9 Å². The van der Waals surface area contributed by atoms with Gasteiger partial charge in [-0.25, -0.2) is 8.42 Å². The first-order chi connectivity index (χ1) is 14.9. The van der Waals surface area contributed by atoms with Crippen molar-refractivity contribution in [2.24, 2.45) is 5.92 Å². The molecule has 0 unspecified atom stereocenters. The van der Waals surface area contributed by atoms with Crippen molar-refractivity contribution in [3.05, 3.63) is 60.2 Å². The third-order valence-corrected chi connectivity index (χ3v) is 7.34. The molecule has 0 atom stereocenters. The Labute approximate surface area is 183 Å². The Morgan fingerprint density at radius 2 is 1.61 bits per heavy atom. The second-order valence-electron chi connectivity index (χ2n) is 7.35. The van der Waals surface area contributed by atoms with Crippen molar-refractivity contribution in [1.29, 1.82) is 0 Å². The molecule has 0 spiro atoms. The lowest BCUT2D eigenvalue weighted by molar-refractivity contribution is -0.149. The molecule has 0 aromatic heterocycles. The molecular weight excluding hydrogens is 416 g/mol. The van der Waals surface area contributed by atoms with Gasteiger partial charge in [0.15, 0.2) is 0 Å². The number of benzene rings is 2. The molecule has 1 aliphatic heterocycles. The quantitative estimate of drug-likeness (QED) is 0.612. The third kappa shape index (κ3) is 5.07. The topological polar surface area (TPSA) is 84.0 Å². The molecule has 1 aliphatic rings. The number of esters is 1. The van der Waals surface area contributed by atoms with Crippen molar-refractivity contribution in [3.8, 4) is 0 Å². The first-order valence-corrected chi connectivity index (χ1v) is 12.0. The molecule has 2 aromatic rings. The van der Waals surface area contributed by atoms with Gasteiger partial charge in [-0.3, -0.25) is 13.9 Å². The van der Waals surface area contributed by atoms with E-state index in [2.05, 4.69) is 0 Å². The Morgan fingerprint density at radius 1 is 1.00 bits per heavy atom. The van der Waals surface area contributed by atoms with Crippen molar-refractivity contribution >= 4 is 27.6 Å². The summed E-state index contributed by atoms with van der Waals surface area (Å²) in [5.74, 6) is -0.478. The molecule has 0 aliphatic carbocycles. The van der Waals surface area contributed by atoms with Crippen LogP contribution >= 0.6 is 0 Å². The smallest absolute Gasteiger partial charge is 0.309 e. The van der Waals surface area contributed by atoms with Crippen LogP contribution in [0.5, 0.6) is 0 Å². The summed E-state index contributed by atoms with van der Waals surface area (Å²) in [6.07, 6.45) is 1.17. The zero-order valence-corrected chi connectivity index (χ0v) is 18.7. The van der Waals surface area contributed by atoms with Crippen LogP contribution in [-0.2, 0) is 19.6 Å². The van der Waals surface area contributed by atoms with Crippen LogP contribution in [-0.4, -0.2) is 51.4 Å². The SMILES string of the molecule is CCOC(=O)C1CCN(C(=O)c2ccc(N(CC)S(=O)(=O)c3ccccc3)cc2)CC1. The number of carbonyl (C=O) groups is 2. The van der Waals surface area contributed by atoms with E-state index in [9.17, 15) is 18.0 Å². The van der Waals surface area contributed by atoms with Crippen LogP contribution in [0.4, 0.5) is 5.69 Å². The van der Waals surface area contributed by atoms with Crippen molar-refractivity contribution in [2.45, 2.75) is 31.6 Å². The lowest BCUT2D eigenvalue weighted by atomic mass is 9.96. The molecule has 2 aromatic carbocycles. The zero-order valence-electron chi connectivity index (χ0n) is 17.9. The summed E-state index contributed by atoms with van der Waals surface area (Å²) in [5, 5.41) is 0. The third-order valence-electron chi connectivity index (χ3n) is 5.42. The maximum atomic E-state index is 13.0.